The molecule has 130 valence electrons. The lowest BCUT2D eigenvalue weighted by molar-refractivity contribution is -0.359. The standard InChI is InChI=1S/C13H24O9/c1-4-6(14)8(16)10(18)12(20-4)22-11-9(17)7(15)5(2)21-13(11)19-3/h4-18H,1-3H3/t4-,5-,6-,7-,8+,9+,10+,11+,12-,13+/m0/s1. The van der Waals surface area contributed by atoms with Crippen LogP contribution in [0.25, 0.3) is 0 Å². The van der Waals surface area contributed by atoms with Crippen molar-refractivity contribution in [3.05, 3.63) is 0 Å². The second kappa shape index (κ2) is 7.04. The number of ether oxygens (including phenoxy) is 4. The second-order valence-electron chi connectivity index (χ2n) is 5.71. The minimum atomic E-state index is -1.52. The molecule has 0 aromatic carbocycles. The monoisotopic (exact) mass is 324 g/mol. The van der Waals surface area contributed by atoms with Crippen LogP contribution in [0.3, 0.4) is 0 Å². The van der Waals surface area contributed by atoms with Gasteiger partial charge in [0.15, 0.2) is 12.6 Å². The molecule has 10 atom stereocenters. The SMILES string of the molecule is CO[C@@H]1O[C@@H](C)[C@H](O)[C@@H](O)[C@H]1O[C@@H]1O[C@@H](C)[C@H](O)[C@@H](O)[C@H]1O. The quantitative estimate of drug-likeness (QED) is 0.376. The van der Waals surface area contributed by atoms with Gasteiger partial charge in [-0.1, -0.05) is 0 Å². The summed E-state index contributed by atoms with van der Waals surface area (Å²) in [5.74, 6) is 0. The highest BCUT2D eigenvalue weighted by molar-refractivity contribution is 4.92. The molecule has 0 aliphatic carbocycles. The molecule has 9 nitrogen and oxygen atoms in total. The highest BCUT2D eigenvalue weighted by Crippen LogP contribution is 2.29. The highest BCUT2D eigenvalue weighted by atomic mass is 16.7. The van der Waals surface area contributed by atoms with Crippen LogP contribution in [0.2, 0.25) is 0 Å². The van der Waals surface area contributed by atoms with Gasteiger partial charge in [0.1, 0.15) is 36.6 Å². The summed E-state index contributed by atoms with van der Waals surface area (Å²) in [6.45, 7) is 3.08. The Morgan fingerprint density at radius 1 is 0.682 bits per heavy atom. The molecular formula is C13H24O9. The van der Waals surface area contributed by atoms with E-state index >= 15 is 0 Å². The van der Waals surface area contributed by atoms with Gasteiger partial charge in [-0.3, -0.25) is 0 Å². The number of rotatable bonds is 3. The first-order valence-corrected chi connectivity index (χ1v) is 7.17. The minimum absolute atomic E-state index is 0.664. The fourth-order valence-electron chi connectivity index (χ4n) is 2.62. The number of aliphatic hydroxyl groups excluding tert-OH is 5. The Morgan fingerprint density at radius 2 is 1.18 bits per heavy atom. The molecule has 0 aromatic heterocycles. The zero-order chi connectivity index (χ0) is 16.6. The Bertz CT molecular complexity index is 365. The first-order chi connectivity index (χ1) is 10.3. The van der Waals surface area contributed by atoms with Gasteiger partial charge >= 0.3 is 0 Å². The van der Waals surface area contributed by atoms with E-state index in [1.807, 2.05) is 0 Å². The molecular weight excluding hydrogens is 300 g/mol. The van der Waals surface area contributed by atoms with E-state index in [4.69, 9.17) is 18.9 Å². The van der Waals surface area contributed by atoms with E-state index in [1.165, 1.54) is 14.0 Å². The third kappa shape index (κ3) is 3.28. The van der Waals surface area contributed by atoms with Gasteiger partial charge in [0, 0.05) is 7.11 Å². The van der Waals surface area contributed by atoms with Crippen LogP contribution >= 0.6 is 0 Å². The van der Waals surface area contributed by atoms with E-state index in [2.05, 4.69) is 0 Å². The van der Waals surface area contributed by atoms with Crippen molar-refractivity contribution in [2.75, 3.05) is 7.11 Å². The van der Waals surface area contributed by atoms with Crippen molar-refractivity contribution in [1.29, 1.82) is 0 Å². The first-order valence-electron chi connectivity index (χ1n) is 7.17. The predicted molar refractivity (Wildman–Crippen MR) is 70.6 cm³/mol. The molecule has 0 saturated carbocycles. The smallest absolute Gasteiger partial charge is 0.187 e. The summed E-state index contributed by atoms with van der Waals surface area (Å²) in [7, 11) is 1.34. The lowest BCUT2D eigenvalue weighted by Crippen LogP contribution is -2.63. The molecule has 0 radical (unpaired) electrons. The maximum atomic E-state index is 10.1. The fraction of sp³-hybridized carbons (Fsp3) is 1.00. The normalized spacial score (nSPS) is 53.5. The second-order valence-corrected chi connectivity index (χ2v) is 5.71. The summed E-state index contributed by atoms with van der Waals surface area (Å²) in [6, 6.07) is 0. The van der Waals surface area contributed by atoms with E-state index in [-0.39, 0.29) is 0 Å². The van der Waals surface area contributed by atoms with Crippen molar-refractivity contribution in [2.45, 2.75) is 75.3 Å². The van der Waals surface area contributed by atoms with Gasteiger partial charge in [-0.2, -0.15) is 0 Å². The molecule has 2 saturated heterocycles. The van der Waals surface area contributed by atoms with Crippen LogP contribution in [-0.4, -0.2) is 94.1 Å². The maximum Gasteiger partial charge on any atom is 0.187 e. The lowest BCUT2D eigenvalue weighted by atomic mass is 9.98. The topological polar surface area (TPSA) is 138 Å². The van der Waals surface area contributed by atoms with E-state index in [0.29, 0.717) is 0 Å². The summed E-state index contributed by atoms with van der Waals surface area (Å²) in [6.07, 6.45) is -11.6. The van der Waals surface area contributed by atoms with E-state index in [9.17, 15) is 25.5 Å². The Morgan fingerprint density at radius 3 is 1.73 bits per heavy atom. The molecule has 2 heterocycles. The van der Waals surface area contributed by atoms with Crippen molar-refractivity contribution in [3.8, 4) is 0 Å². The highest BCUT2D eigenvalue weighted by Gasteiger charge is 2.49. The summed E-state index contributed by atoms with van der Waals surface area (Å²) in [5.41, 5.74) is 0. The summed E-state index contributed by atoms with van der Waals surface area (Å²) < 4.78 is 21.2. The molecule has 2 aliphatic heterocycles. The van der Waals surface area contributed by atoms with Crippen LogP contribution < -0.4 is 0 Å². The molecule has 0 amide bonds. The Labute approximate surface area is 128 Å². The molecule has 0 spiro atoms. The molecule has 2 fully saturated rings. The van der Waals surface area contributed by atoms with E-state index < -0.39 is 61.4 Å². The summed E-state index contributed by atoms with van der Waals surface area (Å²) >= 11 is 0. The van der Waals surface area contributed by atoms with Crippen molar-refractivity contribution in [2.24, 2.45) is 0 Å². The fourth-order valence-corrected chi connectivity index (χ4v) is 2.62. The average Bonchev–Trinajstić information content (AvgIpc) is 2.50. The lowest BCUT2D eigenvalue weighted by Gasteiger charge is -2.45. The van der Waals surface area contributed by atoms with Gasteiger partial charge in [0.2, 0.25) is 0 Å². The first kappa shape index (κ1) is 18.0. The molecule has 0 aromatic rings. The number of aliphatic hydroxyl groups is 5. The van der Waals surface area contributed by atoms with Crippen molar-refractivity contribution < 1.29 is 44.5 Å². The Hall–Kier alpha value is -0.360. The van der Waals surface area contributed by atoms with Crippen LogP contribution in [0, 0.1) is 0 Å². The number of methoxy groups -OCH3 is 1. The summed E-state index contributed by atoms with van der Waals surface area (Å²) in [5, 5.41) is 49.3. The molecule has 5 N–H and O–H groups in total. The molecule has 22 heavy (non-hydrogen) atoms. The van der Waals surface area contributed by atoms with E-state index in [1.54, 1.807) is 6.92 Å². The third-order valence-electron chi connectivity index (χ3n) is 4.12. The Kier molecular flexibility index (Phi) is 5.75. The number of hydrogen-bond acceptors (Lipinski definition) is 9. The largest absolute Gasteiger partial charge is 0.388 e. The zero-order valence-corrected chi connectivity index (χ0v) is 12.6. The van der Waals surface area contributed by atoms with Crippen LogP contribution in [0.5, 0.6) is 0 Å². The van der Waals surface area contributed by atoms with Crippen molar-refractivity contribution in [1.82, 2.24) is 0 Å². The Balaban J connectivity index is 2.10. The summed E-state index contributed by atoms with van der Waals surface area (Å²) in [4.78, 5) is 0. The van der Waals surface area contributed by atoms with Gasteiger partial charge in [-0.25, -0.2) is 0 Å². The maximum absolute atomic E-state index is 10.1. The molecule has 2 aliphatic rings. The van der Waals surface area contributed by atoms with Crippen molar-refractivity contribution >= 4 is 0 Å². The average molecular weight is 324 g/mol. The van der Waals surface area contributed by atoms with Crippen molar-refractivity contribution in [3.63, 3.8) is 0 Å². The molecule has 0 bridgehead atoms. The third-order valence-corrected chi connectivity index (χ3v) is 4.12. The van der Waals surface area contributed by atoms with E-state index in [0.717, 1.165) is 0 Å². The predicted octanol–water partition coefficient (Wildman–Crippen LogP) is -2.69. The van der Waals surface area contributed by atoms with Gasteiger partial charge in [-0.05, 0) is 13.8 Å². The molecule has 0 unspecified atom stereocenters. The van der Waals surface area contributed by atoms with Crippen LogP contribution in [0.4, 0.5) is 0 Å². The van der Waals surface area contributed by atoms with Gasteiger partial charge < -0.3 is 44.5 Å². The van der Waals surface area contributed by atoms with Crippen LogP contribution in [0.15, 0.2) is 0 Å². The minimum Gasteiger partial charge on any atom is -0.388 e. The van der Waals surface area contributed by atoms with Gasteiger partial charge in [-0.15, -0.1) is 0 Å². The van der Waals surface area contributed by atoms with Gasteiger partial charge in [0.25, 0.3) is 0 Å². The molecule has 2 rings (SSSR count). The molecule has 9 heteroatoms. The van der Waals surface area contributed by atoms with Gasteiger partial charge in [0.05, 0.1) is 12.2 Å². The van der Waals surface area contributed by atoms with Crippen LogP contribution in [-0.2, 0) is 18.9 Å². The number of hydrogen-bond donors (Lipinski definition) is 5. The van der Waals surface area contributed by atoms with Crippen LogP contribution in [0.1, 0.15) is 13.8 Å². The zero-order valence-electron chi connectivity index (χ0n) is 12.6.